The van der Waals surface area contributed by atoms with Crippen LogP contribution in [-0.4, -0.2) is 62.3 Å². The maximum absolute atomic E-state index is 14.0. The topological polar surface area (TPSA) is 62.2 Å². The molecule has 1 fully saturated rings. The Labute approximate surface area is 207 Å². The summed E-state index contributed by atoms with van der Waals surface area (Å²) < 4.78 is 24.7. The van der Waals surface area contributed by atoms with Crippen molar-refractivity contribution in [2.75, 3.05) is 45.3 Å². The van der Waals surface area contributed by atoms with Gasteiger partial charge in [-0.15, -0.1) is 24.0 Å². The van der Waals surface area contributed by atoms with E-state index in [2.05, 4.69) is 28.2 Å². The number of pyridine rings is 1. The molecule has 0 radical (unpaired) electrons. The number of nitrogens with one attached hydrogen (secondary N) is 1. The molecule has 9 heteroatoms. The zero-order chi connectivity index (χ0) is 22.2. The van der Waals surface area contributed by atoms with Crippen LogP contribution in [0.4, 0.5) is 10.2 Å². The number of guanidine groups is 1. The van der Waals surface area contributed by atoms with Crippen LogP contribution in [0, 0.1) is 5.82 Å². The van der Waals surface area contributed by atoms with Crippen LogP contribution in [-0.2, 0) is 17.8 Å². The fourth-order valence-electron chi connectivity index (χ4n) is 3.55. The molecule has 1 aliphatic rings. The molecule has 176 valence electrons. The minimum atomic E-state index is -0.364. The summed E-state index contributed by atoms with van der Waals surface area (Å²) in [4.78, 5) is 13.5. The fourth-order valence-corrected chi connectivity index (χ4v) is 3.55. The third kappa shape index (κ3) is 7.19. The van der Waals surface area contributed by atoms with Crippen LogP contribution >= 0.6 is 24.0 Å². The Balaban J connectivity index is 0.00000363. The van der Waals surface area contributed by atoms with Crippen LogP contribution in [0.5, 0.6) is 5.75 Å². The first-order valence-electron chi connectivity index (χ1n) is 10.6. The number of rotatable bonds is 7. The van der Waals surface area contributed by atoms with Gasteiger partial charge < -0.3 is 24.6 Å². The molecule has 1 N–H and O–H groups in total. The van der Waals surface area contributed by atoms with Gasteiger partial charge in [0.2, 0.25) is 0 Å². The number of methoxy groups -OCH3 is 1. The van der Waals surface area contributed by atoms with Gasteiger partial charge in [-0.1, -0.05) is 6.07 Å². The van der Waals surface area contributed by atoms with Crippen LogP contribution in [0.2, 0.25) is 0 Å². The number of anilines is 1. The Bertz CT molecular complexity index is 898. The summed E-state index contributed by atoms with van der Waals surface area (Å²) in [5.74, 6) is 1.60. The Kier molecular flexibility index (Phi) is 10.4. The number of halogens is 2. The van der Waals surface area contributed by atoms with E-state index in [1.54, 1.807) is 6.07 Å². The van der Waals surface area contributed by atoms with E-state index in [1.807, 2.05) is 37.2 Å². The highest BCUT2D eigenvalue weighted by molar-refractivity contribution is 14.0. The Morgan fingerprint density at radius 3 is 2.84 bits per heavy atom. The van der Waals surface area contributed by atoms with E-state index in [0.29, 0.717) is 19.7 Å². The summed E-state index contributed by atoms with van der Waals surface area (Å²) in [7, 11) is 3.40. The molecule has 7 nitrogen and oxygen atoms in total. The van der Waals surface area contributed by atoms with Crippen molar-refractivity contribution >= 4 is 35.8 Å². The predicted molar refractivity (Wildman–Crippen MR) is 137 cm³/mol. The molecule has 1 unspecified atom stereocenters. The van der Waals surface area contributed by atoms with E-state index in [1.165, 1.54) is 13.2 Å². The van der Waals surface area contributed by atoms with Crippen molar-refractivity contribution in [3.05, 3.63) is 53.5 Å². The van der Waals surface area contributed by atoms with Crippen molar-refractivity contribution < 1.29 is 13.9 Å². The van der Waals surface area contributed by atoms with Gasteiger partial charge in [-0.25, -0.2) is 14.4 Å². The lowest BCUT2D eigenvalue weighted by Crippen LogP contribution is -2.41. The van der Waals surface area contributed by atoms with Crippen molar-refractivity contribution in [2.24, 2.45) is 4.99 Å². The molecule has 0 spiro atoms. The second kappa shape index (κ2) is 12.8. The van der Waals surface area contributed by atoms with E-state index >= 15 is 0 Å². The SMILES string of the molecule is CCNC(=NCc1ccnc(N2CCOC(C)C2)c1)N(C)Cc1ccc(OC)c(F)c1.I. The normalized spacial score (nSPS) is 16.3. The molecule has 1 atom stereocenters. The van der Waals surface area contributed by atoms with Gasteiger partial charge in [0.1, 0.15) is 5.82 Å². The largest absolute Gasteiger partial charge is 0.494 e. The zero-order valence-corrected chi connectivity index (χ0v) is 21.5. The number of morpholine rings is 1. The Hall–Kier alpha value is -2.14. The van der Waals surface area contributed by atoms with E-state index in [-0.39, 0.29) is 41.6 Å². The lowest BCUT2D eigenvalue weighted by molar-refractivity contribution is 0.0529. The lowest BCUT2D eigenvalue weighted by Gasteiger charge is -2.32. The molecule has 1 saturated heterocycles. The van der Waals surface area contributed by atoms with Crippen molar-refractivity contribution in [1.29, 1.82) is 0 Å². The van der Waals surface area contributed by atoms with Gasteiger partial charge >= 0.3 is 0 Å². The van der Waals surface area contributed by atoms with Crippen molar-refractivity contribution in [1.82, 2.24) is 15.2 Å². The Morgan fingerprint density at radius 2 is 2.16 bits per heavy atom. The third-order valence-corrected chi connectivity index (χ3v) is 5.12. The quantitative estimate of drug-likeness (QED) is 0.319. The van der Waals surface area contributed by atoms with Gasteiger partial charge in [-0.3, -0.25) is 0 Å². The second-order valence-electron chi connectivity index (χ2n) is 7.64. The van der Waals surface area contributed by atoms with Crippen molar-refractivity contribution in [3.63, 3.8) is 0 Å². The predicted octanol–water partition coefficient (Wildman–Crippen LogP) is 3.67. The average Bonchev–Trinajstić information content (AvgIpc) is 2.77. The highest BCUT2D eigenvalue weighted by Crippen LogP contribution is 2.19. The summed E-state index contributed by atoms with van der Waals surface area (Å²) in [5, 5.41) is 3.31. The molecular formula is C23H33FIN5O2. The molecule has 2 heterocycles. The molecule has 2 aromatic rings. The number of hydrogen-bond acceptors (Lipinski definition) is 5. The highest BCUT2D eigenvalue weighted by atomic mass is 127. The molecule has 3 rings (SSSR count). The van der Waals surface area contributed by atoms with Gasteiger partial charge in [0.25, 0.3) is 0 Å². The summed E-state index contributed by atoms with van der Waals surface area (Å²) in [5.41, 5.74) is 1.93. The van der Waals surface area contributed by atoms with Gasteiger partial charge in [-0.2, -0.15) is 0 Å². The van der Waals surface area contributed by atoms with E-state index in [9.17, 15) is 4.39 Å². The van der Waals surface area contributed by atoms with Crippen LogP contribution in [0.15, 0.2) is 41.5 Å². The fraction of sp³-hybridized carbons (Fsp3) is 0.478. The molecule has 1 aromatic heterocycles. The summed E-state index contributed by atoms with van der Waals surface area (Å²) in [6, 6.07) is 9.08. The minimum Gasteiger partial charge on any atom is -0.494 e. The number of aromatic nitrogens is 1. The highest BCUT2D eigenvalue weighted by Gasteiger charge is 2.18. The van der Waals surface area contributed by atoms with Gasteiger partial charge in [-0.05, 0) is 49.2 Å². The van der Waals surface area contributed by atoms with Crippen molar-refractivity contribution in [3.8, 4) is 5.75 Å². The summed E-state index contributed by atoms with van der Waals surface area (Å²) in [6.07, 6.45) is 2.03. The first-order valence-corrected chi connectivity index (χ1v) is 10.6. The van der Waals surface area contributed by atoms with Gasteiger partial charge in [0, 0.05) is 39.4 Å². The number of benzene rings is 1. The smallest absolute Gasteiger partial charge is 0.194 e. The third-order valence-electron chi connectivity index (χ3n) is 5.12. The molecular weight excluding hydrogens is 524 g/mol. The molecule has 0 aliphatic carbocycles. The molecule has 0 saturated carbocycles. The van der Waals surface area contributed by atoms with Crippen LogP contribution < -0.4 is 15.0 Å². The zero-order valence-electron chi connectivity index (χ0n) is 19.2. The average molecular weight is 557 g/mol. The summed E-state index contributed by atoms with van der Waals surface area (Å²) in [6.45, 7) is 8.30. The van der Waals surface area contributed by atoms with E-state index in [4.69, 9.17) is 14.5 Å². The van der Waals surface area contributed by atoms with Crippen LogP contribution in [0.1, 0.15) is 25.0 Å². The second-order valence-corrected chi connectivity index (χ2v) is 7.64. The number of ether oxygens (including phenoxy) is 2. The van der Waals surface area contributed by atoms with E-state index < -0.39 is 0 Å². The number of nitrogens with zero attached hydrogens (tertiary/aromatic N) is 4. The van der Waals surface area contributed by atoms with Gasteiger partial charge in [0.15, 0.2) is 17.5 Å². The number of hydrogen-bond donors (Lipinski definition) is 1. The molecule has 1 aromatic carbocycles. The van der Waals surface area contributed by atoms with Gasteiger partial charge in [0.05, 0.1) is 26.4 Å². The number of aliphatic imine (C=N–C) groups is 1. The molecule has 0 amide bonds. The lowest BCUT2D eigenvalue weighted by atomic mass is 10.2. The monoisotopic (exact) mass is 557 g/mol. The molecule has 0 bridgehead atoms. The molecule has 1 aliphatic heterocycles. The van der Waals surface area contributed by atoms with Crippen molar-refractivity contribution in [2.45, 2.75) is 33.0 Å². The maximum Gasteiger partial charge on any atom is 0.194 e. The van der Waals surface area contributed by atoms with Crippen LogP contribution in [0.3, 0.4) is 0 Å². The standard InChI is InChI=1S/C23H32FN5O2.HI/c1-5-25-23(28(3)16-19-6-7-21(30-4)20(24)12-19)27-14-18-8-9-26-22(13-18)29-10-11-31-17(2)15-29;/h6-9,12-13,17H,5,10-11,14-16H2,1-4H3,(H,25,27);1H. The van der Waals surface area contributed by atoms with Crippen LogP contribution in [0.25, 0.3) is 0 Å². The summed E-state index contributed by atoms with van der Waals surface area (Å²) >= 11 is 0. The first-order chi connectivity index (χ1) is 15.0. The molecule has 32 heavy (non-hydrogen) atoms. The van der Waals surface area contributed by atoms with E-state index in [0.717, 1.165) is 42.5 Å². The first kappa shape index (κ1) is 26.1. The maximum atomic E-state index is 14.0. The minimum absolute atomic E-state index is 0. The Morgan fingerprint density at radius 1 is 1.34 bits per heavy atom.